The summed E-state index contributed by atoms with van der Waals surface area (Å²) in [6, 6.07) is 23.0. The quantitative estimate of drug-likeness (QED) is 0.102. The van der Waals surface area contributed by atoms with E-state index in [9.17, 15) is 24.3 Å². The standard InChI is InChI=1S/C43H55N3O10/c1-29(47)54-39-28-43(55-30(2)48,36-14-10-9-13-35(36)39)45-40(50)33(25-32-15-17-34(18-16-32)53-24-21-46-19-22-52-23-20-46)27-38(49)37(26-31-11-7-6-8-12-31)44-41(51)56-42(3,4)5/h6-18,33,37-39,49H,19-28H2,1-5H3,(H,44,51)(H,45,50)/t33?,37?,38?,39-,43-/m1/s1. The zero-order chi connectivity index (χ0) is 40.3. The Morgan fingerprint density at radius 1 is 0.893 bits per heavy atom. The molecule has 13 heteroatoms. The number of carbonyl (C=O) groups excluding carboxylic acids is 4. The first-order chi connectivity index (χ1) is 26.7. The first-order valence-electron chi connectivity index (χ1n) is 19.2. The lowest BCUT2D eigenvalue weighted by molar-refractivity contribution is -0.170. The zero-order valence-corrected chi connectivity index (χ0v) is 33.0. The van der Waals surface area contributed by atoms with E-state index >= 15 is 0 Å². The van der Waals surface area contributed by atoms with E-state index in [1.165, 1.54) is 13.8 Å². The van der Waals surface area contributed by atoms with Crippen LogP contribution in [0.1, 0.15) is 75.8 Å². The maximum absolute atomic E-state index is 14.6. The van der Waals surface area contributed by atoms with Crippen molar-refractivity contribution in [3.63, 3.8) is 0 Å². The highest BCUT2D eigenvalue weighted by Crippen LogP contribution is 2.46. The largest absolute Gasteiger partial charge is 0.492 e. The molecule has 1 saturated heterocycles. The fourth-order valence-corrected chi connectivity index (χ4v) is 7.19. The number of fused-ring (bicyclic) bond motifs is 1. The van der Waals surface area contributed by atoms with Crippen molar-refractivity contribution in [2.24, 2.45) is 5.92 Å². The minimum atomic E-state index is -1.65. The summed E-state index contributed by atoms with van der Waals surface area (Å²) in [5, 5.41) is 17.7. The molecule has 1 aliphatic carbocycles. The van der Waals surface area contributed by atoms with Crippen LogP contribution in [0.2, 0.25) is 0 Å². The normalized spacial score (nSPS) is 19.8. The summed E-state index contributed by atoms with van der Waals surface area (Å²) >= 11 is 0. The maximum atomic E-state index is 14.6. The van der Waals surface area contributed by atoms with Crippen LogP contribution in [0.4, 0.5) is 4.79 Å². The van der Waals surface area contributed by atoms with E-state index in [0.717, 1.165) is 30.8 Å². The van der Waals surface area contributed by atoms with Crippen LogP contribution in [0.5, 0.6) is 5.75 Å². The second-order valence-electron chi connectivity index (χ2n) is 15.4. The van der Waals surface area contributed by atoms with Crippen LogP contribution in [0, 0.1) is 5.92 Å². The average molecular weight is 774 g/mol. The van der Waals surface area contributed by atoms with Gasteiger partial charge in [0, 0.05) is 50.5 Å². The first-order valence-corrected chi connectivity index (χ1v) is 19.2. The summed E-state index contributed by atoms with van der Waals surface area (Å²) in [5.41, 5.74) is 0.323. The van der Waals surface area contributed by atoms with Gasteiger partial charge in [0.05, 0.1) is 31.8 Å². The smallest absolute Gasteiger partial charge is 0.407 e. The second-order valence-corrected chi connectivity index (χ2v) is 15.4. The van der Waals surface area contributed by atoms with E-state index < -0.39 is 59.4 Å². The summed E-state index contributed by atoms with van der Waals surface area (Å²) in [4.78, 5) is 54.7. The number of nitrogens with zero attached hydrogens (tertiary/aromatic N) is 1. The van der Waals surface area contributed by atoms with Gasteiger partial charge in [-0.25, -0.2) is 4.79 Å². The van der Waals surface area contributed by atoms with Crippen molar-refractivity contribution in [3.05, 3.63) is 101 Å². The highest BCUT2D eigenvalue weighted by molar-refractivity contribution is 5.81. The molecule has 5 atom stereocenters. The molecule has 2 amide bonds. The number of rotatable bonds is 16. The van der Waals surface area contributed by atoms with Gasteiger partial charge in [0.1, 0.15) is 24.1 Å². The van der Waals surface area contributed by atoms with Crippen LogP contribution in [0.15, 0.2) is 78.9 Å². The van der Waals surface area contributed by atoms with Crippen LogP contribution >= 0.6 is 0 Å². The molecule has 5 rings (SSSR count). The SMILES string of the molecule is CC(=O)O[C@@H]1C[C@@](NC(=O)C(Cc2ccc(OCCN3CCOCC3)cc2)CC(O)C(Cc2ccccc2)NC(=O)OC(C)(C)C)(OC(C)=O)c2ccccc21. The summed E-state index contributed by atoms with van der Waals surface area (Å²) in [6.45, 7) is 12.2. The highest BCUT2D eigenvalue weighted by atomic mass is 16.6. The second kappa shape index (κ2) is 19.2. The summed E-state index contributed by atoms with van der Waals surface area (Å²) < 4.78 is 28.5. The number of aliphatic hydroxyl groups excluding tert-OH is 1. The van der Waals surface area contributed by atoms with Gasteiger partial charge in [-0.15, -0.1) is 0 Å². The van der Waals surface area contributed by atoms with Crippen molar-refractivity contribution in [3.8, 4) is 5.75 Å². The number of esters is 2. The Balaban J connectivity index is 1.41. The minimum absolute atomic E-state index is 0.0418. The Labute approximate surface area is 329 Å². The average Bonchev–Trinajstić information content (AvgIpc) is 3.42. The van der Waals surface area contributed by atoms with E-state index in [2.05, 4.69) is 15.5 Å². The molecule has 0 saturated carbocycles. The molecule has 0 radical (unpaired) electrons. The lowest BCUT2D eigenvalue weighted by Gasteiger charge is -2.34. The summed E-state index contributed by atoms with van der Waals surface area (Å²) in [6.07, 6.45) is -2.36. The number of aliphatic hydroxyl groups is 1. The number of carbonyl (C=O) groups is 4. The van der Waals surface area contributed by atoms with Crippen molar-refractivity contribution in [1.82, 2.24) is 15.5 Å². The van der Waals surface area contributed by atoms with Gasteiger partial charge in [-0.05, 0) is 63.3 Å². The molecule has 13 nitrogen and oxygen atoms in total. The highest BCUT2D eigenvalue weighted by Gasteiger charge is 2.50. The summed E-state index contributed by atoms with van der Waals surface area (Å²) in [7, 11) is 0. The number of benzene rings is 3. The fourth-order valence-electron chi connectivity index (χ4n) is 7.19. The van der Waals surface area contributed by atoms with Crippen molar-refractivity contribution < 1.29 is 48.0 Å². The molecule has 3 unspecified atom stereocenters. The Hall–Kier alpha value is -4.98. The molecule has 0 aromatic heterocycles. The van der Waals surface area contributed by atoms with Crippen molar-refractivity contribution in [2.45, 2.75) is 89.9 Å². The molecule has 3 aromatic rings. The number of morpholine rings is 1. The van der Waals surface area contributed by atoms with Crippen LogP contribution in [0.25, 0.3) is 0 Å². The first kappa shape index (κ1) is 42.2. The molecular formula is C43H55N3O10. The van der Waals surface area contributed by atoms with E-state index in [0.29, 0.717) is 36.7 Å². The molecule has 3 N–H and O–H groups in total. The van der Waals surface area contributed by atoms with Gasteiger partial charge in [-0.2, -0.15) is 0 Å². The monoisotopic (exact) mass is 773 g/mol. The third kappa shape index (κ3) is 12.3. The van der Waals surface area contributed by atoms with Crippen LogP contribution in [-0.4, -0.2) is 91.1 Å². The van der Waals surface area contributed by atoms with E-state index in [1.54, 1.807) is 45.0 Å². The van der Waals surface area contributed by atoms with Crippen LogP contribution < -0.4 is 15.4 Å². The molecule has 1 fully saturated rings. The minimum Gasteiger partial charge on any atom is -0.492 e. The number of hydrogen-bond acceptors (Lipinski definition) is 11. The van der Waals surface area contributed by atoms with Gasteiger partial charge in [-0.3, -0.25) is 19.3 Å². The third-order valence-corrected chi connectivity index (χ3v) is 9.71. The molecule has 0 spiro atoms. The topological polar surface area (TPSA) is 162 Å². The van der Waals surface area contributed by atoms with Crippen LogP contribution in [-0.2, 0) is 51.9 Å². The molecule has 1 aliphatic heterocycles. The lowest BCUT2D eigenvalue weighted by atomic mass is 9.88. The lowest BCUT2D eigenvalue weighted by Crippen LogP contribution is -2.52. The number of alkyl carbamates (subject to hydrolysis) is 1. The van der Waals surface area contributed by atoms with Gasteiger partial charge in [-0.1, -0.05) is 66.7 Å². The van der Waals surface area contributed by atoms with E-state index in [1.807, 2.05) is 54.6 Å². The predicted octanol–water partition coefficient (Wildman–Crippen LogP) is 4.98. The molecular weight excluding hydrogens is 718 g/mol. The molecule has 2 aliphatic rings. The van der Waals surface area contributed by atoms with Crippen molar-refractivity contribution >= 4 is 23.9 Å². The zero-order valence-electron chi connectivity index (χ0n) is 33.0. The molecule has 1 heterocycles. The Bertz CT molecular complexity index is 1770. The molecule has 302 valence electrons. The number of nitrogens with one attached hydrogen (secondary N) is 2. The number of ether oxygens (including phenoxy) is 5. The maximum Gasteiger partial charge on any atom is 0.407 e. The van der Waals surface area contributed by atoms with Crippen molar-refractivity contribution in [1.29, 1.82) is 0 Å². The Kier molecular flexibility index (Phi) is 14.5. The van der Waals surface area contributed by atoms with Gasteiger partial charge in [0.15, 0.2) is 0 Å². The molecule has 56 heavy (non-hydrogen) atoms. The van der Waals surface area contributed by atoms with E-state index in [-0.39, 0.29) is 25.7 Å². The van der Waals surface area contributed by atoms with Gasteiger partial charge in [0.2, 0.25) is 11.6 Å². The van der Waals surface area contributed by atoms with Crippen LogP contribution in [0.3, 0.4) is 0 Å². The van der Waals surface area contributed by atoms with Gasteiger partial charge < -0.3 is 39.4 Å². The molecule has 0 bridgehead atoms. The Morgan fingerprint density at radius 3 is 2.21 bits per heavy atom. The number of hydrogen-bond donors (Lipinski definition) is 3. The number of amides is 2. The fraction of sp³-hybridized carbons (Fsp3) is 0.488. The predicted molar refractivity (Wildman–Crippen MR) is 207 cm³/mol. The van der Waals surface area contributed by atoms with Crippen molar-refractivity contribution in [2.75, 3.05) is 39.5 Å². The van der Waals surface area contributed by atoms with E-state index in [4.69, 9.17) is 23.7 Å². The molecule has 3 aromatic carbocycles. The van der Waals surface area contributed by atoms with Gasteiger partial charge >= 0.3 is 18.0 Å². The summed E-state index contributed by atoms with van der Waals surface area (Å²) in [5.74, 6) is -1.88. The Morgan fingerprint density at radius 2 is 1.55 bits per heavy atom. The third-order valence-electron chi connectivity index (χ3n) is 9.71. The van der Waals surface area contributed by atoms with Gasteiger partial charge in [0.25, 0.3) is 0 Å².